The molecule has 7 heteroatoms. The Morgan fingerprint density at radius 3 is 2.42 bits per heavy atom. The number of carbonyl (C=O) groups excluding carboxylic acids is 4. The number of aromatic nitrogens is 1. The zero-order chi connectivity index (χ0) is 18.3. The number of nitrogens with one attached hydrogen (secondary N) is 1. The molecule has 0 aromatic carbocycles. The molecule has 0 spiro atoms. The van der Waals surface area contributed by atoms with E-state index in [0.29, 0.717) is 11.1 Å². The van der Waals surface area contributed by atoms with Crippen LogP contribution in [0.3, 0.4) is 0 Å². The third-order valence-corrected chi connectivity index (χ3v) is 3.48. The monoisotopic (exact) mass is 333 g/mol. The van der Waals surface area contributed by atoms with Crippen molar-refractivity contribution in [2.24, 2.45) is 0 Å². The highest BCUT2D eigenvalue weighted by Gasteiger charge is 2.41. The summed E-state index contributed by atoms with van der Waals surface area (Å²) in [5.41, 5.74) is 0.940. The van der Waals surface area contributed by atoms with Crippen molar-refractivity contribution < 1.29 is 19.2 Å². The molecule has 130 valence electrons. The first-order valence-corrected chi connectivity index (χ1v) is 8.21. The van der Waals surface area contributed by atoms with E-state index in [9.17, 15) is 19.2 Å². The van der Waals surface area contributed by atoms with Crippen LogP contribution in [0.1, 0.15) is 56.5 Å². The van der Waals surface area contributed by atoms with Gasteiger partial charge in [0.25, 0.3) is 5.91 Å². The number of hydrogen-bond acceptors (Lipinski definition) is 5. The molecular weight excluding hydrogens is 310 g/mol. The fourth-order valence-electron chi connectivity index (χ4n) is 2.51. The van der Waals surface area contributed by atoms with E-state index in [1.807, 2.05) is 27.7 Å². The highest BCUT2D eigenvalue weighted by atomic mass is 16.2. The molecule has 0 saturated carbocycles. The van der Waals surface area contributed by atoms with Crippen LogP contribution in [-0.4, -0.2) is 39.6 Å². The Balaban J connectivity index is 0.000000671. The number of rotatable bonds is 1. The van der Waals surface area contributed by atoms with E-state index in [2.05, 4.69) is 10.3 Å². The first-order valence-electron chi connectivity index (χ1n) is 8.21. The molecule has 1 saturated heterocycles. The molecule has 1 aromatic heterocycles. The molecule has 3 heterocycles. The smallest absolute Gasteiger partial charge is 0.261 e. The first-order chi connectivity index (χ1) is 11.6. The Kier molecular flexibility index (Phi) is 7.23. The fraction of sp³-hybridized carbons (Fsp3) is 0.471. The van der Waals surface area contributed by atoms with E-state index in [1.54, 1.807) is 0 Å². The number of piperidine rings is 1. The number of amides is 4. The van der Waals surface area contributed by atoms with Gasteiger partial charge in [0.05, 0.1) is 6.42 Å². The largest absolute Gasteiger partial charge is 0.295 e. The van der Waals surface area contributed by atoms with Crippen molar-refractivity contribution in [2.45, 2.75) is 53.0 Å². The number of nitrogens with zero attached hydrogens (tertiary/aromatic N) is 2. The van der Waals surface area contributed by atoms with E-state index in [-0.39, 0.29) is 25.2 Å². The quantitative estimate of drug-likeness (QED) is 0.785. The highest BCUT2D eigenvalue weighted by Crippen LogP contribution is 2.23. The summed E-state index contributed by atoms with van der Waals surface area (Å²) in [5.74, 6) is -1.92. The minimum Gasteiger partial charge on any atom is -0.295 e. The Morgan fingerprint density at radius 1 is 1.12 bits per heavy atom. The molecule has 1 atom stereocenters. The topological polar surface area (TPSA) is 96.4 Å². The first kappa shape index (κ1) is 19.5. The van der Waals surface area contributed by atoms with Gasteiger partial charge >= 0.3 is 0 Å². The lowest BCUT2D eigenvalue weighted by Gasteiger charge is -2.34. The van der Waals surface area contributed by atoms with Crippen molar-refractivity contribution in [3.63, 3.8) is 0 Å². The van der Waals surface area contributed by atoms with E-state index in [4.69, 9.17) is 0 Å². The molecule has 2 aliphatic rings. The zero-order valence-electron chi connectivity index (χ0n) is 14.5. The lowest BCUT2D eigenvalue weighted by atomic mass is 9.96. The fourth-order valence-corrected chi connectivity index (χ4v) is 2.51. The second-order valence-corrected chi connectivity index (χ2v) is 4.75. The number of hydrogen-bond donors (Lipinski definition) is 1. The van der Waals surface area contributed by atoms with Crippen LogP contribution in [0, 0.1) is 0 Å². The number of pyridine rings is 1. The molecule has 0 bridgehead atoms. The Morgan fingerprint density at radius 2 is 1.79 bits per heavy atom. The average molecular weight is 333 g/mol. The summed E-state index contributed by atoms with van der Waals surface area (Å²) in [5, 5.41) is 2.16. The Hall–Kier alpha value is -2.57. The van der Waals surface area contributed by atoms with E-state index in [1.165, 1.54) is 18.5 Å². The molecule has 0 radical (unpaired) electrons. The van der Waals surface area contributed by atoms with Crippen LogP contribution in [0.5, 0.6) is 0 Å². The summed E-state index contributed by atoms with van der Waals surface area (Å²) in [6.45, 7) is 8.00. The molecule has 1 fully saturated rings. The minimum absolute atomic E-state index is 0.0344. The molecular formula is C17H23N3O4. The molecule has 1 N–H and O–H groups in total. The summed E-state index contributed by atoms with van der Waals surface area (Å²) in [6, 6.07) is 0.622. The van der Waals surface area contributed by atoms with Crippen LogP contribution in [-0.2, 0) is 20.8 Å². The predicted molar refractivity (Wildman–Crippen MR) is 88.0 cm³/mol. The predicted octanol–water partition coefficient (Wildman–Crippen LogP) is 1.46. The van der Waals surface area contributed by atoms with Crippen molar-refractivity contribution >= 4 is 23.6 Å². The molecule has 2 aliphatic heterocycles. The zero-order valence-corrected chi connectivity index (χ0v) is 14.5. The van der Waals surface area contributed by atoms with Crippen molar-refractivity contribution in [2.75, 3.05) is 0 Å². The number of carbonyl (C=O) groups is 4. The summed E-state index contributed by atoms with van der Waals surface area (Å²) in [4.78, 5) is 52.3. The maximum Gasteiger partial charge on any atom is 0.261 e. The molecule has 4 amide bonds. The van der Waals surface area contributed by atoms with Crippen LogP contribution in [0.15, 0.2) is 18.5 Å². The van der Waals surface area contributed by atoms with Crippen molar-refractivity contribution in [1.29, 1.82) is 0 Å². The standard InChI is InChI=1S/C13H11N3O4.2C2H6/c17-10-2-1-9(12(19)15-10)16-11(18)5-7-6-14-4-3-8(7)13(16)20;2*1-2/h3-4,6,9H,1-2,5H2,(H,15,17,19);2*1-2H3. The molecule has 0 aliphatic carbocycles. The van der Waals surface area contributed by atoms with Gasteiger partial charge in [-0.15, -0.1) is 0 Å². The average Bonchev–Trinajstić information content (AvgIpc) is 2.60. The van der Waals surface area contributed by atoms with Crippen molar-refractivity contribution in [3.05, 3.63) is 29.6 Å². The van der Waals surface area contributed by atoms with Gasteiger partial charge in [0, 0.05) is 24.4 Å². The van der Waals surface area contributed by atoms with Crippen LogP contribution in [0.25, 0.3) is 0 Å². The van der Waals surface area contributed by atoms with Gasteiger partial charge in [-0.2, -0.15) is 0 Å². The van der Waals surface area contributed by atoms with Gasteiger partial charge in [-0.1, -0.05) is 27.7 Å². The van der Waals surface area contributed by atoms with Gasteiger partial charge in [0.2, 0.25) is 17.7 Å². The van der Waals surface area contributed by atoms with Crippen molar-refractivity contribution in [3.8, 4) is 0 Å². The Bertz CT molecular complexity index is 642. The van der Waals surface area contributed by atoms with Gasteiger partial charge < -0.3 is 0 Å². The van der Waals surface area contributed by atoms with Crippen LogP contribution < -0.4 is 5.32 Å². The molecule has 7 nitrogen and oxygen atoms in total. The molecule has 3 rings (SSSR count). The van der Waals surface area contributed by atoms with E-state index >= 15 is 0 Å². The third kappa shape index (κ3) is 3.84. The summed E-state index contributed by atoms with van der Waals surface area (Å²) in [6.07, 6.45) is 3.27. The second kappa shape index (κ2) is 8.90. The number of fused-ring (bicyclic) bond motifs is 1. The summed E-state index contributed by atoms with van der Waals surface area (Å²) >= 11 is 0. The third-order valence-electron chi connectivity index (χ3n) is 3.48. The Labute approximate surface area is 141 Å². The highest BCUT2D eigenvalue weighted by molar-refractivity contribution is 6.13. The van der Waals surface area contributed by atoms with Crippen LogP contribution >= 0.6 is 0 Å². The van der Waals surface area contributed by atoms with Gasteiger partial charge in [0.15, 0.2) is 0 Å². The van der Waals surface area contributed by atoms with E-state index in [0.717, 1.165) is 4.90 Å². The maximum atomic E-state index is 12.4. The van der Waals surface area contributed by atoms with Crippen LogP contribution in [0.2, 0.25) is 0 Å². The minimum atomic E-state index is -0.908. The SMILES string of the molecule is CC.CC.O=C1CCC(N2C(=O)Cc3cnccc3C2=O)C(=O)N1. The van der Waals surface area contributed by atoms with Gasteiger partial charge in [-0.25, -0.2) is 0 Å². The van der Waals surface area contributed by atoms with E-state index < -0.39 is 23.8 Å². The summed E-state index contributed by atoms with van der Waals surface area (Å²) < 4.78 is 0. The molecule has 1 unspecified atom stereocenters. The second-order valence-electron chi connectivity index (χ2n) is 4.75. The van der Waals surface area contributed by atoms with Crippen LogP contribution in [0.4, 0.5) is 0 Å². The van der Waals surface area contributed by atoms with Gasteiger partial charge in [0.1, 0.15) is 6.04 Å². The normalized spacial score (nSPS) is 19.3. The lowest BCUT2D eigenvalue weighted by molar-refractivity contribution is -0.143. The molecule has 24 heavy (non-hydrogen) atoms. The maximum absolute atomic E-state index is 12.4. The lowest BCUT2D eigenvalue weighted by Crippen LogP contribution is -2.57. The van der Waals surface area contributed by atoms with Gasteiger partial charge in [-0.05, 0) is 18.1 Å². The molecule has 1 aromatic rings. The van der Waals surface area contributed by atoms with Gasteiger partial charge in [-0.3, -0.25) is 34.4 Å². The summed E-state index contributed by atoms with van der Waals surface area (Å²) in [7, 11) is 0. The number of imide groups is 2. The van der Waals surface area contributed by atoms with Crippen molar-refractivity contribution in [1.82, 2.24) is 15.2 Å².